The number of aliphatic hydroxyl groups excluding tert-OH is 1. The van der Waals surface area contributed by atoms with Gasteiger partial charge in [0.2, 0.25) is 5.13 Å². The van der Waals surface area contributed by atoms with E-state index < -0.39 is 0 Å². The van der Waals surface area contributed by atoms with Gasteiger partial charge >= 0.3 is 0 Å². The highest BCUT2D eigenvalue weighted by Gasteiger charge is 2.22. The van der Waals surface area contributed by atoms with Crippen LogP contribution in [0.3, 0.4) is 0 Å². The van der Waals surface area contributed by atoms with Crippen LogP contribution < -0.4 is 11.3 Å². The van der Waals surface area contributed by atoms with Crippen molar-refractivity contribution in [2.45, 2.75) is 31.8 Å². The molecule has 0 aliphatic carbocycles. The van der Waals surface area contributed by atoms with E-state index in [0.29, 0.717) is 5.13 Å². The van der Waals surface area contributed by atoms with Gasteiger partial charge in [-0.3, -0.25) is 10.3 Å². The summed E-state index contributed by atoms with van der Waals surface area (Å²) in [4.78, 5) is 2.27. The maximum atomic E-state index is 9.28. The molecule has 2 heterocycles. The van der Waals surface area contributed by atoms with Gasteiger partial charge in [-0.1, -0.05) is 17.8 Å². The zero-order valence-electron chi connectivity index (χ0n) is 9.09. The molecule has 90 valence electrons. The first-order chi connectivity index (χ1) is 7.83. The molecular weight excluding hydrogens is 226 g/mol. The molecule has 0 spiro atoms. The van der Waals surface area contributed by atoms with E-state index >= 15 is 0 Å². The molecule has 1 aromatic heterocycles. The van der Waals surface area contributed by atoms with E-state index in [9.17, 15) is 5.11 Å². The topological polar surface area (TPSA) is 87.3 Å². The maximum Gasteiger partial charge on any atom is 0.219 e. The molecular formula is C9H17N5OS. The van der Waals surface area contributed by atoms with E-state index in [0.717, 1.165) is 24.5 Å². The van der Waals surface area contributed by atoms with Gasteiger partial charge < -0.3 is 5.11 Å². The van der Waals surface area contributed by atoms with E-state index in [-0.39, 0.29) is 12.6 Å². The van der Waals surface area contributed by atoms with Crippen LogP contribution >= 0.6 is 11.3 Å². The number of nitrogens with zero attached hydrogens (tertiary/aromatic N) is 3. The summed E-state index contributed by atoms with van der Waals surface area (Å²) in [6.45, 7) is 2.00. The van der Waals surface area contributed by atoms with Gasteiger partial charge in [0.25, 0.3) is 0 Å². The minimum atomic E-state index is 0.223. The highest BCUT2D eigenvalue weighted by molar-refractivity contribution is 7.15. The van der Waals surface area contributed by atoms with Gasteiger partial charge in [0.15, 0.2) is 0 Å². The van der Waals surface area contributed by atoms with E-state index in [1.807, 2.05) is 0 Å². The minimum Gasteiger partial charge on any atom is -0.395 e. The molecule has 1 atom stereocenters. The van der Waals surface area contributed by atoms with Gasteiger partial charge in [0.05, 0.1) is 13.2 Å². The highest BCUT2D eigenvalue weighted by atomic mass is 32.1. The number of anilines is 1. The highest BCUT2D eigenvalue weighted by Crippen LogP contribution is 2.21. The molecule has 2 rings (SSSR count). The summed E-state index contributed by atoms with van der Waals surface area (Å²) < 4.78 is 0. The molecule has 1 saturated heterocycles. The second-order valence-electron chi connectivity index (χ2n) is 3.95. The maximum absolute atomic E-state index is 9.28. The molecule has 1 fully saturated rings. The fourth-order valence-corrected chi connectivity index (χ4v) is 2.70. The second-order valence-corrected chi connectivity index (χ2v) is 5.01. The van der Waals surface area contributed by atoms with Gasteiger partial charge in [-0.15, -0.1) is 10.2 Å². The molecule has 0 bridgehead atoms. The summed E-state index contributed by atoms with van der Waals surface area (Å²) in [7, 11) is 0. The monoisotopic (exact) mass is 243 g/mol. The van der Waals surface area contributed by atoms with Crippen molar-refractivity contribution in [2.24, 2.45) is 5.84 Å². The zero-order chi connectivity index (χ0) is 11.4. The Kier molecular flexibility index (Phi) is 4.05. The van der Waals surface area contributed by atoms with E-state index in [1.54, 1.807) is 0 Å². The van der Waals surface area contributed by atoms with Crippen LogP contribution in [0.15, 0.2) is 0 Å². The average molecular weight is 243 g/mol. The number of hydrogen-bond donors (Lipinski definition) is 3. The smallest absolute Gasteiger partial charge is 0.219 e. The number of aliphatic hydroxyl groups is 1. The molecule has 1 aliphatic rings. The molecule has 0 aromatic carbocycles. The van der Waals surface area contributed by atoms with Crippen molar-refractivity contribution in [1.82, 2.24) is 15.1 Å². The van der Waals surface area contributed by atoms with Gasteiger partial charge in [-0.2, -0.15) is 0 Å². The van der Waals surface area contributed by atoms with Crippen LogP contribution in [0.25, 0.3) is 0 Å². The molecule has 6 nitrogen and oxygen atoms in total. The SMILES string of the molecule is NNc1nnc(CN2CCCCC2CO)s1. The third-order valence-corrected chi connectivity index (χ3v) is 3.73. The lowest BCUT2D eigenvalue weighted by Gasteiger charge is -2.33. The Balaban J connectivity index is 1.96. The van der Waals surface area contributed by atoms with Crippen LogP contribution in [-0.2, 0) is 6.54 Å². The number of nitrogen functional groups attached to an aromatic ring is 1. The van der Waals surface area contributed by atoms with Gasteiger partial charge in [0, 0.05) is 6.04 Å². The molecule has 7 heteroatoms. The Morgan fingerprint density at radius 1 is 1.50 bits per heavy atom. The van der Waals surface area contributed by atoms with Crippen LogP contribution in [-0.4, -0.2) is 39.4 Å². The summed E-state index contributed by atoms with van der Waals surface area (Å²) in [5, 5.41) is 18.8. The van der Waals surface area contributed by atoms with Crippen molar-refractivity contribution >= 4 is 16.5 Å². The van der Waals surface area contributed by atoms with Crippen molar-refractivity contribution in [3.8, 4) is 0 Å². The summed E-state index contributed by atoms with van der Waals surface area (Å²) in [5.41, 5.74) is 2.49. The Labute approximate surface area is 98.4 Å². The number of hydrogen-bond acceptors (Lipinski definition) is 7. The largest absolute Gasteiger partial charge is 0.395 e. The lowest BCUT2D eigenvalue weighted by molar-refractivity contribution is 0.0839. The Morgan fingerprint density at radius 2 is 2.38 bits per heavy atom. The number of likely N-dealkylation sites (tertiary alicyclic amines) is 1. The van der Waals surface area contributed by atoms with Crippen molar-refractivity contribution in [3.63, 3.8) is 0 Å². The van der Waals surface area contributed by atoms with Crippen molar-refractivity contribution < 1.29 is 5.11 Å². The van der Waals surface area contributed by atoms with Crippen molar-refractivity contribution in [3.05, 3.63) is 5.01 Å². The molecule has 0 radical (unpaired) electrons. The molecule has 4 N–H and O–H groups in total. The Hall–Kier alpha value is -0.760. The van der Waals surface area contributed by atoms with E-state index in [2.05, 4.69) is 20.5 Å². The summed E-state index contributed by atoms with van der Waals surface area (Å²) in [6.07, 6.45) is 3.46. The third-order valence-electron chi connectivity index (χ3n) is 2.89. The number of nitrogens with two attached hydrogens (primary N) is 1. The van der Waals surface area contributed by atoms with E-state index in [1.165, 1.54) is 24.2 Å². The zero-order valence-corrected chi connectivity index (χ0v) is 9.91. The van der Waals surface area contributed by atoms with Crippen LogP contribution in [0.1, 0.15) is 24.3 Å². The summed E-state index contributed by atoms with van der Waals surface area (Å²) >= 11 is 1.46. The molecule has 1 aromatic rings. The van der Waals surface area contributed by atoms with E-state index in [4.69, 9.17) is 5.84 Å². The fraction of sp³-hybridized carbons (Fsp3) is 0.778. The number of nitrogens with one attached hydrogen (secondary N) is 1. The lowest BCUT2D eigenvalue weighted by Crippen LogP contribution is -2.41. The second kappa shape index (κ2) is 5.53. The standard InChI is InChI=1S/C9H17N5OS/c10-11-9-13-12-8(16-9)5-14-4-2-1-3-7(14)6-15/h7,15H,1-6,10H2,(H,11,13). The molecule has 0 amide bonds. The Bertz CT molecular complexity index is 331. The fourth-order valence-electron chi connectivity index (χ4n) is 2.02. The molecule has 16 heavy (non-hydrogen) atoms. The minimum absolute atomic E-state index is 0.223. The van der Waals surface area contributed by atoms with Gasteiger partial charge in [-0.25, -0.2) is 5.84 Å². The summed E-state index contributed by atoms with van der Waals surface area (Å²) in [6, 6.07) is 0.270. The van der Waals surface area contributed by atoms with Gasteiger partial charge in [0.1, 0.15) is 5.01 Å². The number of rotatable bonds is 4. The number of piperidine rings is 1. The van der Waals surface area contributed by atoms with Crippen LogP contribution in [0, 0.1) is 0 Å². The Morgan fingerprint density at radius 3 is 3.06 bits per heavy atom. The quantitative estimate of drug-likeness (QED) is 0.516. The average Bonchev–Trinajstić information content (AvgIpc) is 2.77. The predicted octanol–water partition coefficient (Wildman–Crippen LogP) is 0.170. The summed E-state index contributed by atoms with van der Waals surface area (Å²) in [5.74, 6) is 5.25. The third kappa shape index (κ3) is 2.67. The number of aromatic nitrogens is 2. The first kappa shape index (κ1) is 11.7. The molecule has 1 unspecified atom stereocenters. The normalized spacial score (nSPS) is 22.2. The van der Waals surface area contributed by atoms with Crippen molar-refractivity contribution in [1.29, 1.82) is 0 Å². The number of hydrazine groups is 1. The van der Waals surface area contributed by atoms with Crippen LogP contribution in [0.5, 0.6) is 0 Å². The molecule has 0 saturated carbocycles. The van der Waals surface area contributed by atoms with Crippen LogP contribution in [0.2, 0.25) is 0 Å². The first-order valence-electron chi connectivity index (χ1n) is 5.47. The molecule has 1 aliphatic heterocycles. The first-order valence-corrected chi connectivity index (χ1v) is 6.29. The van der Waals surface area contributed by atoms with Crippen LogP contribution in [0.4, 0.5) is 5.13 Å². The predicted molar refractivity (Wildman–Crippen MR) is 62.9 cm³/mol. The lowest BCUT2D eigenvalue weighted by atomic mass is 10.0. The van der Waals surface area contributed by atoms with Gasteiger partial charge in [-0.05, 0) is 19.4 Å². The van der Waals surface area contributed by atoms with Crippen molar-refractivity contribution in [2.75, 3.05) is 18.6 Å².